The first-order valence-corrected chi connectivity index (χ1v) is 10.3. The summed E-state index contributed by atoms with van der Waals surface area (Å²) in [6.07, 6.45) is 1.01. The first-order chi connectivity index (χ1) is 12.8. The van der Waals surface area contributed by atoms with E-state index in [-0.39, 0.29) is 23.9 Å². The number of benzene rings is 2. The quantitative estimate of drug-likeness (QED) is 0.644. The zero-order valence-corrected chi connectivity index (χ0v) is 16.7. The van der Waals surface area contributed by atoms with Gasteiger partial charge in [0.25, 0.3) is 0 Å². The minimum absolute atomic E-state index is 0.100. The first-order valence-electron chi connectivity index (χ1n) is 8.79. The largest absolute Gasteiger partial charge is 0.495 e. The molecule has 0 radical (unpaired) electrons. The van der Waals surface area contributed by atoms with Gasteiger partial charge >= 0.3 is 0 Å². The van der Waals surface area contributed by atoms with Crippen molar-refractivity contribution in [1.82, 2.24) is 10.0 Å². The number of hydrogen-bond acceptors (Lipinski definition) is 4. The van der Waals surface area contributed by atoms with Crippen molar-refractivity contribution in [1.29, 1.82) is 0 Å². The summed E-state index contributed by atoms with van der Waals surface area (Å²) >= 11 is 0. The molecule has 0 saturated carbocycles. The van der Waals surface area contributed by atoms with Crippen LogP contribution in [-0.4, -0.2) is 34.5 Å². The monoisotopic (exact) mass is 390 g/mol. The summed E-state index contributed by atoms with van der Waals surface area (Å²) in [5.41, 5.74) is 2.91. The van der Waals surface area contributed by atoms with Crippen molar-refractivity contribution in [3.05, 3.63) is 59.2 Å². The Morgan fingerprint density at radius 2 is 1.70 bits per heavy atom. The molecule has 0 fully saturated rings. The molecule has 0 unspecified atom stereocenters. The number of carbonyl (C=O) groups is 1. The molecule has 7 heteroatoms. The maximum Gasteiger partial charge on any atom is 0.244 e. The Morgan fingerprint density at radius 3 is 2.37 bits per heavy atom. The Balaban J connectivity index is 1.84. The molecule has 0 aromatic heterocycles. The number of ether oxygens (including phenoxy) is 1. The van der Waals surface area contributed by atoms with Crippen LogP contribution in [0.3, 0.4) is 0 Å². The number of sulfonamides is 1. The van der Waals surface area contributed by atoms with Crippen LogP contribution in [0.15, 0.2) is 47.4 Å². The lowest BCUT2D eigenvalue weighted by atomic mass is 10.1. The maximum absolute atomic E-state index is 12.5. The van der Waals surface area contributed by atoms with Crippen molar-refractivity contribution in [2.75, 3.05) is 20.2 Å². The van der Waals surface area contributed by atoms with Crippen LogP contribution < -0.4 is 14.8 Å². The third-order valence-corrected chi connectivity index (χ3v) is 5.77. The molecule has 0 heterocycles. The van der Waals surface area contributed by atoms with Gasteiger partial charge in [0, 0.05) is 19.5 Å². The molecule has 2 N–H and O–H groups in total. The third-order valence-electron chi connectivity index (χ3n) is 4.29. The normalized spacial score (nSPS) is 11.2. The van der Waals surface area contributed by atoms with Crippen LogP contribution in [0.5, 0.6) is 5.75 Å². The number of methoxy groups -OCH3 is 1. The van der Waals surface area contributed by atoms with Gasteiger partial charge in [-0.1, -0.05) is 30.3 Å². The Morgan fingerprint density at radius 1 is 1.04 bits per heavy atom. The summed E-state index contributed by atoms with van der Waals surface area (Å²) in [7, 11) is -2.28. The second-order valence-corrected chi connectivity index (χ2v) is 8.06. The fourth-order valence-corrected chi connectivity index (χ4v) is 3.85. The highest BCUT2D eigenvalue weighted by Crippen LogP contribution is 2.26. The van der Waals surface area contributed by atoms with Gasteiger partial charge in [-0.3, -0.25) is 4.79 Å². The summed E-state index contributed by atoms with van der Waals surface area (Å²) in [5.74, 6) is 0.194. The molecule has 2 aromatic rings. The van der Waals surface area contributed by atoms with E-state index in [0.717, 1.165) is 16.7 Å². The third kappa shape index (κ3) is 6.08. The van der Waals surface area contributed by atoms with Gasteiger partial charge in [-0.15, -0.1) is 0 Å². The standard InChI is InChI=1S/C20H26N2O4S/c1-15-13-18(26-3)19(14-16(15)2)27(24,25)22-12-11-21-20(23)10-9-17-7-5-4-6-8-17/h4-8,13-14,22H,9-12H2,1-3H3,(H,21,23). The molecule has 146 valence electrons. The molecule has 0 aliphatic carbocycles. The van der Waals surface area contributed by atoms with Crippen LogP contribution in [0.25, 0.3) is 0 Å². The van der Waals surface area contributed by atoms with E-state index < -0.39 is 10.0 Å². The number of nitrogens with one attached hydrogen (secondary N) is 2. The molecule has 2 rings (SSSR count). The maximum atomic E-state index is 12.5. The number of rotatable bonds is 9. The van der Waals surface area contributed by atoms with E-state index in [1.54, 1.807) is 12.1 Å². The van der Waals surface area contributed by atoms with Gasteiger partial charge in [-0.2, -0.15) is 0 Å². The Labute approximate surface area is 161 Å². The summed E-state index contributed by atoms with van der Waals surface area (Å²) in [6.45, 7) is 4.07. The number of hydrogen-bond donors (Lipinski definition) is 2. The molecule has 0 saturated heterocycles. The van der Waals surface area contributed by atoms with Crippen molar-refractivity contribution in [2.45, 2.75) is 31.6 Å². The molecule has 0 atom stereocenters. The predicted molar refractivity (Wildman–Crippen MR) is 105 cm³/mol. The summed E-state index contributed by atoms with van der Waals surface area (Å²) in [6, 6.07) is 13.0. The highest BCUT2D eigenvalue weighted by atomic mass is 32.2. The second kappa shape index (κ2) is 9.53. The molecule has 6 nitrogen and oxygen atoms in total. The summed E-state index contributed by atoms with van der Waals surface area (Å²) in [4.78, 5) is 12.0. The van der Waals surface area contributed by atoms with Crippen molar-refractivity contribution in [3.8, 4) is 5.75 Å². The lowest BCUT2D eigenvalue weighted by molar-refractivity contribution is -0.121. The average molecular weight is 391 g/mol. The zero-order chi connectivity index (χ0) is 19.9. The van der Waals surface area contributed by atoms with Gasteiger partial charge in [-0.05, 0) is 49.1 Å². The first kappa shape index (κ1) is 20.9. The summed E-state index contributed by atoms with van der Waals surface area (Å²) in [5, 5.41) is 2.73. The topological polar surface area (TPSA) is 84.5 Å². The van der Waals surface area contributed by atoms with Gasteiger partial charge in [0.15, 0.2) is 0 Å². The van der Waals surface area contributed by atoms with E-state index in [0.29, 0.717) is 18.6 Å². The molecular weight excluding hydrogens is 364 g/mol. The van der Waals surface area contributed by atoms with Gasteiger partial charge in [0.1, 0.15) is 10.6 Å². The lowest BCUT2D eigenvalue weighted by Gasteiger charge is -2.13. The fourth-order valence-electron chi connectivity index (χ4n) is 2.59. The van der Waals surface area contributed by atoms with E-state index in [1.807, 2.05) is 44.2 Å². The SMILES string of the molecule is COc1cc(C)c(C)cc1S(=O)(=O)NCCNC(=O)CCc1ccccc1. The van der Waals surface area contributed by atoms with Crippen molar-refractivity contribution in [3.63, 3.8) is 0 Å². The van der Waals surface area contributed by atoms with E-state index in [1.165, 1.54) is 7.11 Å². The molecule has 0 spiro atoms. The van der Waals surface area contributed by atoms with E-state index in [9.17, 15) is 13.2 Å². The van der Waals surface area contributed by atoms with Crippen molar-refractivity contribution in [2.24, 2.45) is 0 Å². The average Bonchev–Trinajstić information content (AvgIpc) is 2.66. The van der Waals surface area contributed by atoms with Gasteiger partial charge in [0.2, 0.25) is 15.9 Å². The van der Waals surface area contributed by atoms with Crippen LogP contribution in [0.4, 0.5) is 0 Å². The highest BCUT2D eigenvalue weighted by molar-refractivity contribution is 7.89. The number of carbonyl (C=O) groups excluding carboxylic acids is 1. The fraction of sp³-hybridized carbons (Fsp3) is 0.350. The molecule has 0 bridgehead atoms. The minimum Gasteiger partial charge on any atom is -0.495 e. The van der Waals surface area contributed by atoms with Gasteiger partial charge < -0.3 is 10.1 Å². The number of aryl methyl sites for hydroxylation is 3. The van der Waals surface area contributed by atoms with Crippen molar-refractivity contribution < 1.29 is 17.9 Å². The van der Waals surface area contributed by atoms with Crippen LogP contribution in [0.2, 0.25) is 0 Å². The Kier molecular flexibility index (Phi) is 7.38. The minimum atomic E-state index is -3.72. The molecule has 27 heavy (non-hydrogen) atoms. The summed E-state index contributed by atoms with van der Waals surface area (Å²) < 4.78 is 32.8. The van der Waals surface area contributed by atoms with Crippen LogP contribution in [0, 0.1) is 13.8 Å². The Bertz CT molecular complexity index is 880. The smallest absolute Gasteiger partial charge is 0.244 e. The predicted octanol–water partition coefficient (Wildman–Crippen LogP) is 2.34. The van der Waals surface area contributed by atoms with Crippen LogP contribution in [-0.2, 0) is 21.2 Å². The van der Waals surface area contributed by atoms with Crippen LogP contribution in [0.1, 0.15) is 23.1 Å². The molecule has 2 aromatic carbocycles. The Hall–Kier alpha value is -2.38. The van der Waals surface area contributed by atoms with Gasteiger partial charge in [-0.25, -0.2) is 13.1 Å². The highest BCUT2D eigenvalue weighted by Gasteiger charge is 2.20. The van der Waals surface area contributed by atoms with Gasteiger partial charge in [0.05, 0.1) is 7.11 Å². The van der Waals surface area contributed by atoms with E-state index in [2.05, 4.69) is 10.0 Å². The number of amides is 1. The molecular formula is C20H26N2O4S. The second-order valence-electron chi connectivity index (χ2n) is 6.32. The molecule has 0 aliphatic heterocycles. The van der Waals surface area contributed by atoms with E-state index >= 15 is 0 Å². The molecule has 0 aliphatic rings. The van der Waals surface area contributed by atoms with Crippen LogP contribution >= 0.6 is 0 Å². The lowest BCUT2D eigenvalue weighted by Crippen LogP contribution is -2.35. The van der Waals surface area contributed by atoms with E-state index in [4.69, 9.17) is 4.74 Å². The molecule has 1 amide bonds. The van der Waals surface area contributed by atoms with Crippen molar-refractivity contribution >= 4 is 15.9 Å². The zero-order valence-electron chi connectivity index (χ0n) is 15.9.